The summed E-state index contributed by atoms with van der Waals surface area (Å²) in [5, 5.41) is 16.5. The molecule has 5 heteroatoms. The highest BCUT2D eigenvalue weighted by Gasteiger charge is 2.26. The van der Waals surface area contributed by atoms with Crippen LogP contribution in [0.15, 0.2) is 6.07 Å². The number of hydrogen-bond acceptors (Lipinski definition) is 3. The van der Waals surface area contributed by atoms with Crippen molar-refractivity contribution >= 4 is 5.91 Å². The summed E-state index contributed by atoms with van der Waals surface area (Å²) in [7, 11) is 0. The van der Waals surface area contributed by atoms with Crippen LogP contribution in [0.4, 0.5) is 0 Å². The van der Waals surface area contributed by atoms with Crippen molar-refractivity contribution in [3.05, 3.63) is 17.5 Å². The van der Waals surface area contributed by atoms with Crippen LogP contribution in [0.2, 0.25) is 0 Å². The largest absolute Gasteiger partial charge is 0.396 e. The third-order valence-corrected chi connectivity index (χ3v) is 5.02. The number of piperidine rings is 1. The molecular formula is C16H25N3O2. The Labute approximate surface area is 125 Å². The second kappa shape index (κ2) is 6.60. The second-order valence-corrected chi connectivity index (χ2v) is 6.46. The molecule has 0 aromatic carbocycles. The van der Waals surface area contributed by atoms with E-state index >= 15 is 0 Å². The lowest BCUT2D eigenvalue weighted by molar-refractivity contribution is 0.0645. The van der Waals surface area contributed by atoms with Crippen LogP contribution in [-0.2, 0) is 0 Å². The van der Waals surface area contributed by atoms with E-state index in [0.29, 0.717) is 17.5 Å². The number of carbonyl (C=O) groups is 1. The number of rotatable bonds is 3. The van der Waals surface area contributed by atoms with Gasteiger partial charge in [0.1, 0.15) is 5.69 Å². The van der Waals surface area contributed by atoms with Gasteiger partial charge in [-0.15, -0.1) is 0 Å². The van der Waals surface area contributed by atoms with E-state index in [1.54, 1.807) is 0 Å². The predicted octanol–water partition coefficient (Wildman–Crippen LogP) is 2.30. The topological polar surface area (TPSA) is 69.2 Å². The lowest BCUT2D eigenvalue weighted by Gasteiger charge is -2.30. The van der Waals surface area contributed by atoms with Crippen molar-refractivity contribution in [2.75, 3.05) is 19.7 Å². The molecule has 1 aromatic heterocycles. The fourth-order valence-electron chi connectivity index (χ4n) is 3.55. The Morgan fingerprint density at radius 1 is 1.24 bits per heavy atom. The third kappa shape index (κ3) is 3.28. The Morgan fingerprint density at radius 2 is 1.95 bits per heavy atom. The average Bonchev–Trinajstić information content (AvgIpc) is 3.05. The highest BCUT2D eigenvalue weighted by atomic mass is 16.3. The molecule has 2 fully saturated rings. The van der Waals surface area contributed by atoms with Gasteiger partial charge in [-0.2, -0.15) is 5.10 Å². The van der Waals surface area contributed by atoms with Crippen LogP contribution in [0.25, 0.3) is 0 Å². The van der Waals surface area contributed by atoms with Crippen LogP contribution in [-0.4, -0.2) is 45.8 Å². The highest BCUT2D eigenvalue weighted by Crippen LogP contribution is 2.31. The van der Waals surface area contributed by atoms with Gasteiger partial charge in [-0.05, 0) is 37.7 Å². The maximum absolute atomic E-state index is 12.5. The number of hydrogen-bond donors (Lipinski definition) is 2. The number of carbonyl (C=O) groups excluding carboxylic acids is 1. The molecule has 116 valence electrons. The molecule has 0 atom stereocenters. The van der Waals surface area contributed by atoms with Gasteiger partial charge in [-0.25, -0.2) is 0 Å². The number of nitrogens with one attached hydrogen (secondary N) is 1. The maximum Gasteiger partial charge on any atom is 0.274 e. The SMILES string of the molecule is O=C(c1cc(C2CCCCC2)[nH]n1)N1CCC(CO)CC1. The van der Waals surface area contributed by atoms with Crippen LogP contribution in [0.5, 0.6) is 0 Å². The maximum atomic E-state index is 12.5. The molecule has 5 nitrogen and oxygen atoms in total. The Bertz CT molecular complexity index is 472. The molecule has 3 rings (SSSR count). The number of aliphatic hydroxyl groups excluding tert-OH is 1. The summed E-state index contributed by atoms with van der Waals surface area (Å²) in [5.74, 6) is 0.934. The molecule has 0 unspecified atom stereocenters. The van der Waals surface area contributed by atoms with Crippen molar-refractivity contribution in [2.24, 2.45) is 5.92 Å². The molecule has 1 aliphatic heterocycles. The minimum Gasteiger partial charge on any atom is -0.396 e. The van der Waals surface area contributed by atoms with Gasteiger partial charge in [-0.1, -0.05) is 19.3 Å². The molecule has 21 heavy (non-hydrogen) atoms. The van der Waals surface area contributed by atoms with Gasteiger partial charge in [-0.3, -0.25) is 9.89 Å². The molecule has 0 bridgehead atoms. The number of likely N-dealkylation sites (tertiary alicyclic amines) is 1. The molecule has 1 saturated heterocycles. The smallest absolute Gasteiger partial charge is 0.274 e. The standard InChI is InChI=1S/C16H25N3O2/c20-11-12-6-8-19(9-7-12)16(21)15-10-14(17-18-15)13-4-2-1-3-5-13/h10,12-13,20H,1-9,11H2,(H,17,18). The van der Waals surface area contributed by atoms with E-state index in [-0.39, 0.29) is 12.5 Å². The number of aliphatic hydroxyl groups is 1. The van der Waals surface area contributed by atoms with Crippen molar-refractivity contribution in [1.82, 2.24) is 15.1 Å². The fraction of sp³-hybridized carbons (Fsp3) is 0.750. The first-order chi connectivity index (χ1) is 10.3. The molecule has 1 saturated carbocycles. The number of amides is 1. The zero-order valence-electron chi connectivity index (χ0n) is 12.6. The van der Waals surface area contributed by atoms with E-state index in [1.165, 1.54) is 32.1 Å². The van der Waals surface area contributed by atoms with Gasteiger partial charge in [0.25, 0.3) is 5.91 Å². The molecule has 1 amide bonds. The minimum absolute atomic E-state index is 0.0321. The summed E-state index contributed by atoms with van der Waals surface area (Å²) >= 11 is 0. The number of H-pyrrole nitrogens is 1. The first-order valence-electron chi connectivity index (χ1n) is 8.23. The Hall–Kier alpha value is -1.36. The molecule has 2 aliphatic rings. The summed E-state index contributed by atoms with van der Waals surface area (Å²) in [5.41, 5.74) is 1.68. The fourth-order valence-corrected chi connectivity index (χ4v) is 3.55. The predicted molar refractivity (Wildman–Crippen MR) is 80.1 cm³/mol. The van der Waals surface area contributed by atoms with Crippen molar-refractivity contribution in [1.29, 1.82) is 0 Å². The average molecular weight is 291 g/mol. The third-order valence-electron chi connectivity index (χ3n) is 5.02. The van der Waals surface area contributed by atoms with E-state index in [0.717, 1.165) is 31.6 Å². The zero-order valence-corrected chi connectivity index (χ0v) is 12.6. The first-order valence-corrected chi connectivity index (χ1v) is 8.23. The van der Waals surface area contributed by atoms with Gasteiger partial charge in [0, 0.05) is 31.3 Å². The molecule has 2 N–H and O–H groups in total. The minimum atomic E-state index is 0.0321. The Morgan fingerprint density at radius 3 is 2.62 bits per heavy atom. The van der Waals surface area contributed by atoms with Crippen LogP contribution in [0, 0.1) is 5.92 Å². The molecular weight excluding hydrogens is 266 g/mol. The number of nitrogens with zero attached hydrogens (tertiary/aromatic N) is 2. The lowest BCUT2D eigenvalue weighted by atomic mass is 9.87. The van der Waals surface area contributed by atoms with E-state index in [4.69, 9.17) is 5.11 Å². The summed E-state index contributed by atoms with van der Waals surface area (Å²) in [6, 6.07) is 1.95. The summed E-state index contributed by atoms with van der Waals surface area (Å²) in [6.45, 7) is 1.70. The van der Waals surface area contributed by atoms with Gasteiger partial charge in [0.05, 0.1) is 0 Å². The molecule has 1 aromatic rings. The van der Waals surface area contributed by atoms with Crippen LogP contribution in [0.3, 0.4) is 0 Å². The van der Waals surface area contributed by atoms with Crippen molar-refractivity contribution in [3.8, 4) is 0 Å². The van der Waals surface area contributed by atoms with E-state index in [9.17, 15) is 4.79 Å². The van der Waals surface area contributed by atoms with Crippen LogP contribution < -0.4 is 0 Å². The second-order valence-electron chi connectivity index (χ2n) is 6.46. The first kappa shape index (κ1) is 14.6. The lowest BCUT2D eigenvalue weighted by Crippen LogP contribution is -2.39. The molecule has 0 radical (unpaired) electrons. The van der Waals surface area contributed by atoms with E-state index < -0.39 is 0 Å². The van der Waals surface area contributed by atoms with Crippen molar-refractivity contribution < 1.29 is 9.90 Å². The summed E-state index contributed by atoms with van der Waals surface area (Å²) in [4.78, 5) is 14.3. The zero-order chi connectivity index (χ0) is 14.7. The summed E-state index contributed by atoms with van der Waals surface area (Å²) < 4.78 is 0. The quantitative estimate of drug-likeness (QED) is 0.898. The Kier molecular flexibility index (Phi) is 4.58. The van der Waals surface area contributed by atoms with Gasteiger partial charge in [0.15, 0.2) is 0 Å². The monoisotopic (exact) mass is 291 g/mol. The van der Waals surface area contributed by atoms with Gasteiger partial charge >= 0.3 is 0 Å². The number of aromatic nitrogens is 2. The van der Waals surface area contributed by atoms with Crippen LogP contribution >= 0.6 is 0 Å². The van der Waals surface area contributed by atoms with Gasteiger partial charge < -0.3 is 10.0 Å². The molecule has 1 aliphatic carbocycles. The summed E-state index contributed by atoms with van der Waals surface area (Å²) in [6.07, 6.45) is 8.08. The highest BCUT2D eigenvalue weighted by molar-refractivity contribution is 5.92. The molecule has 0 spiro atoms. The van der Waals surface area contributed by atoms with Crippen molar-refractivity contribution in [3.63, 3.8) is 0 Å². The van der Waals surface area contributed by atoms with Gasteiger partial charge in [0.2, 0.25) is 0 Å². The van der Waals surface area contributed by atoms with Crippen LogP contribution in [0.1, 0.15) is 67.0 Å². The molecule has 2 heterocycles. The normalized spacial score (nSPS) is 21.7. The van der Waals surface area contributed by atoms with E-state index in [1.807, 2.05) is 11.0 Å². The Balaban J connectivity index is 1.61. The van der Waals surface area contributed by atoms with Crippen molar-refractivity contribution in [2.45, 2.75) is 50.9 Å². The van der Waals surface area contributed by atoms with E-state index in [2.05, 4.69) is 10.2 Å². The number of aromatic amines is 1.